The van der Waals surface area contributed by atoms with E-state index in [9.17, 15) is 34.8 Å². The quantitative estimate of drug-likeness (QED) is 0.301. The van der Waals surface area contributed by atoms with E-state index >= 15 is 0 Å². The first-order valence-electron chi connectivity index (χ1n) is 12.9. The number of phenolic OH excluding ortho intramolecular Hbond substituents is 1. The van der Waals surface area contributed by atoms with Gasteiger partial charge in [-0.1, -0.05) is 6.92 Å². The van der Waals surface area contributed by atoms with Crippen LogP contribution in [0.25, 0.3) is 0 Å². The summed E-state index contributed by atoms with van der Waals surface area (Å²) in [7, 11) is 1.51. The van der Waals surface area contributed by atoms with Crippen molar-refractivity contribution in [2.45, 2.75) is 56.7 Å². The number of fused-ring (bicyclic) bond motifs is 3. The van der Waals surface area contributed by atoms with E-state index in [0.29, 0.717) is 11.3 Å². The maximum atomic E-state index is 13.8. The highest BCUT2D eigenvalue weighted by atomic mass is 16.5. The molecule has 3 aliphatic carbocycles. The average Bonchev–Trinajstić information content (AvgIpc) is 3.32. The molecule has 204 valence electrons. The van der Waals surface area contributed by atoms with Crippen molar-refractivity contribution in [2.24, 2.45) is 23.3 Å². The molecule has 0 radical (unpaired) electrons. The summed E-state index contributed by atoms with van der Waals surface area (Å²) < 4.78 is 5.82. The second-order valence-corrected chi connectivity index (χ2v) is 10.6. The van der Waals surface area contributed by atoms with Gasteiger partial charge in [-0.3, -0.25) is 19.3 Å². The molecule has 1 amide bonds. The molecule has 0 saturated carbocycles. The Morgan fingerprint density at radius 2 is 1.97 bits per heavy atom. The lowest BCUT2D eigenvalue weighted by atomic mass is 9.59. The van der Waals surface area contributed by atoms with Crippen molar-refractivity contribution >= 4 is 17.5 Å². The van der Waals surface area contributed by atoms with Crippen LogP contribution in [0.4, 0.5) is 0 Å². The second kappa shape index (κ2) is 9.11. The minimum atomic E-state index is -2.72. The van der Waals surface area contributed by atoms with Crippen molar-refractivity contribution in [1.29, 1.82) is 0 Å². The standard InChI is InChI=1S/C27H33N3O8/c1-3-6-30-7-4-5-15(30)12-10-16(31)18-13(23(12)38-2)8-11-9-14-20(28)22(33)19(26(29)36)25(35)27(14,37)24(34)17(11)21(18)32/h10-11,14-15,20,31,33-34,37H,3-9,28H2,1-2H3,(H2,29,36)/t11-,14-,15-,20-,27-/m0/s1. The highest BCUT2D eigenvalue weighted by molar-refractivity contribution is 6.24. The number of benzene rings is 1. The Bertz CT molecular complexity index is 1320. The molecule has 1 aromatic carbocycles. The highest BCUT2D eigenvalue weighted by Crippen LogP contribution is 2.53. The zero-order valence-corrected chi connectivity index (χ0v) is 21.4. The number of ketones is 2. The molecular weight excluding hydrogens is 494 g/mol. The summed E-state index contributed by atoms with van der Waals surface area (Å²) in [6, 6.07) is 0.153. The molecule has 1 saturated heterocycles. The predicted octanol–water partition coefficient (Wildman–Crippen LogP) is 1.07. The van der Waals surface area contributed by atoms with Crippen LogP contribution in [0.5, 0.6) is 11.5 Å². The Balaban J connectivity index is 1.66. The number of aliphatic hydroxyl groups is 3. The molecule has 0 aromatic heterocycles. The van der Waals surface area contributed by atoms with Gasteiger partial charge in [0.2, 0.25) is 5.78 Å². The Hall–Kier alpha value is -3.41. The monoisotopic (exact) mass is 527 g/mol. The van der Waals surface area contributed by atoms with Crippen LogP contribution in [0.1, 0.15) is 60.1 Å². The maximum absolute atomic E-state index is 13.8. The number of aromatic hydroxyl groups is 1. The molecule has 1 aliphatic heterocycles. The molecule has 1 aromatic rings. The molecule has 8 N–H and O–H groups in total. The third-order valence-corrected chi connectivity index (χ3v) is 8.67. The zero-order chi connectivity index (χ0) is 27.7. The molecule has 4 aliphatic rings. The van der Waals surface area contributed by atoms with Crippen molar-refractivity contribution in [1.82, 2.24) is 4.90 Å². The number of Topliss-reactive ketones (excluding diaryl/α,β-unsaturated/α-hetero) is 2. The predicted molar refractivity (Wildman–Crippen MR) is 135 cm³/mol. The number of hydrogen-bond acceptors (Lipinski definition) is 10. The van der Waals surface area contributed by atoms with Crippen molar-refractivity contribution in [3.05, 3.63) is 45.4 Å². The summed E-state index contributed by atoms with van der Waals surface area (Å²) in [6.07, 6.45) is 2.93. The third kappa shape index (κ3) is 3.41. The average molecular weight is 528 g/mol. The number of carbonyl (C=O) groups is 3. The first-order valence-corrected chi connectivity index (χ1v) is 12.9. The van der Waals surface area contributed by atoms with Crippen LogP contribution < -0.4 is 16.2 Å². The third-order valence-electron chi connectivity index (χ3n) is 8.67. The summed E-state index contributed by atoms with van der Waals surface area (Å²) >= 11 is 0. The first-order chi connectivity index (χ1) is 18.0. The number of allylic oxidation sites excluding steroid dienone is 1. The lowest BCUT2D eigenvalue weighted by Crippen LogP contribution is -2.63. The Morgan fingerprint density at radius 1 is 1.26 bits per heavy atom. The van der Waals surface area contributed by atoms with Crippen LogP contribution in [-0.2, 0) is 16.0 Å². The van der Waals surface area contributed by atoms with Crippen LogP contribution >= 0.6 is 0 Å². The van der Waals surface area contributed by atoms with Gasteiger partial charge >= 0.3 is 0 Å². The van der Waals surface area contributed by atoms with Crippen molar-refractivity contribution in [3.8, 4) is 11.5 Å². The van der Waals surface area contributed by atoms with Gasteiger partial charge in [-0.15, -0.1) is 0 Å². The summed E-state index contributed by atoms with van der Waals surface area (Å²) in [6.45, 7) is 3.89. The van der Waals surface area contributed by atoms with Gasteiger partial charge in [0, 0.05) is 28.7 Å². The molecule has 5 rings (SSSR count). The number of ether oxygens (including phenoxy) is 1. The fraction of sp³-hybridized carbons (Fsp3) is 0.519. The summed E-state index contributed by atoms with van der Waals surface area (Å²) in [5, 5.41) is 44.2. The van der Waals surface area contributed by atoms with E-state index in [-0.39, 0.29) is 35.8 Å². The Labute approximate surface area is 219 Å². The molecule has 11 nitrogen and oxygen atoms in total. The Morgan fingerprint density at radius 3 is 2.61 bits per heavy atom. The van der Waals surface area contributed by atoms with Gasteiger partial charge < -0.3 is 36.6 Å². The molecule has 1 heterocycles. The molecule has 11 heteroatoms. The number of nitrogens with two attached hydrogens (primary N) is 2. The number of amides is 1. The molecule has 0 spiro atoms. The highest BCUT2D eigenvalue weighted by Gasteiger charge is 2.62. The van der Waals surface area contributed by atoms with Crippen LogP contribution in [0.3, 0.4) is 0 Å². The van der Waals surface area contributed by atoms with Crippen molar-refractivity contribution in [3.63, 3.8) is 0 Å². The molecule has 0 bridgehead atoms. The van der Waals surface area contributed by atoms with Gasteiger partial charge in [0.1, 0.15) is 28.6 Å². The van der Waals surface area contributed by atoms with E-state index in [1.807, 2.05) is 0 Å². The van der Waals surface area contributed by atoms with E-state index in [0.717, 1.165) is 37.9 Å². The van der Waals surface area contributed by atoms with Crippen LogP contribution in [0.15, 0.2) is 28.7 Å². The van der Waals surface area contributed by atoms with Gasteiger partial charge in [-0.05, 0) is 57.2 Å². The smallest absolute Gasteiger partial charge is 0.255 e. The fourth-order valence-corrected chi connectivity index (χ4v) is 7.01. The molecule has 5 atom stereocenters. The number of aliphatic hydroxyl groups excluding tert-OH is 2. The van der Waals surface area contributed by atoms with Gasteiger partial charge in [0.05, 0.1) is 18.7 Å². The van der Waals surface area contributed by atoms with E-state index in [1.165, 1.54) is 13.2 Å². The molecule has 1 fully saturated rings. The maximum Gasteiger partial charge on any atom is 0.255 e. The Kier molecular flexibility index (Phi) is 6.28. The normalized spacial score (nSPS) is 31.3. The number of methoxy groups -OCH3 is 1. The van der Waals surface area contributed by atoms with Crippen LogP contribution in [0, 0.1) is 11.8 Å². The number of likely N-dealkylation sites (tertiary alicyclic amines) is 1. The van der Waals surface area contributed by atoms with E-state index < -0.39 is 58.0 Å². The number of primary amides is 1. The minimum Gasteiger partial charge on any atom is -0.510 e. The topological polar surface area (TPSA) is 197 Å². The SMILES string of the molecule is CCCN1CCC[C@H]1c1cc(O)c2c(c1OC)C[C@H]1C[C@H]3[C@H](N)C(O)=C(C(N)=O)C(=O)[C@@]3(O)C(O)=C1C2=O. The van der Waals surface area contributed by atoms with Gasteiger partial charge in [0.25, 0.3) is 5.91 Å². The number of rotatable bonds is 5. The minimum absolute atomic E-state index is 0.0108. The van der Waals surface area contributed by atoms with Crippen LogP contribution in [0.2, 0.25) is 0 Å². The first kappa shape index (κ1) is 26.2. The number of hydrogen-bond donors (Lipinski definition) is 6. The van der Waals surface area contributed by atoms with Crippen molar-refractivity contribution in [2.75, 3.05) is 20.2 Å². The zero-order valence-electron chi connectivity index (χ0n) is 21.4. The fourth-order valence-electron chi connectivity index (χ4n) is 7.01. The number of phenols is 1. The van der Waals surface area contributed by atoms with E-state index in [1.54, 1.807) is 0 Å². The molecular formula is C27H33N3O8. The van der Waals surface area contributed by atoms with Gasteiger partial charge in [0.15, 0.2) is 11.4 Å². The lowest BCUT2D eigenvalue weighted by Gasteiger charge is -2.47. The molecule has 38 heavy (non-hydrogen) atoms. The van der Waals surface area contributed by atoms with E-state index in [2.05, 4.69) is 11.8 Å². The summed E-state index contributed by atoms with van der Waals surface area (Å²) in [5.74, 6) is -6.78. The van der Waals surface area contributed by atoms with Crippen molar-refractivity contribution < 1.29 is 39.5 Å². The van der Waals surface area contributed by atoms with Gasteiger partial charge in [-0.25, -0.2) is 0 Å². The lowest BCUT2D eigenvalue weighted by molar-refractivity contribution is -0.145. The van der Waals surface area contributed by atoms with Crippen LogP contribution in [-0.4, -0.2) is 74.6 Å². The summed E-state index contributed by atoms with van der Waals surface area (Å²) in [5.41, 5.74) is 8.71. The van der Waals surface area contributed by atoms with E-state index in [4.69, 9.17) is 16.2 Å². The number of nitrogens with zero attached hydrogens (tertiary/aromatic N) is 1. The molecule has 0 unspecified atom stereocenters. The largest absolute Gasteiger partial charge is 0.510 e. The second-order valence-electron chi connectivity index (χ2n) is 10.6. The number of carbonyl (C=O) groups excluding carboxylic acids is 3. The van der Waals surface area contributed by atoms with Gasteiger partial charge in [-0.2, -0.15) is 0 Å². The summed E-state index contributed by atoms with van der Waals surface area (Å²) in [4.78, 5) is 41.1.